The summed E-state index contributed by atoms with van der Waals surface area (Å²) in [4.78, 5) is 3.16. The molecule has 1 N–H and O–H groups in total. The lowest BCUT2D eigenvalue weighted by Crippen LogP contribution is -1.99. The molecule has 3 aromatic rings. The second kappa shape index (κ2) is 5.12. The predicted molar refractivity (Wildman–Crippen MR) is 85.4 cm³/mol. The van der Waals surface area contributed by atoms with Crippen LogP contribution in [0.15, 0.2) is 46.9 Å². The van der Waals surface area contributed by atoms with Gasteiger partial charge in [-0.1, -0.05) is 45.7 Å². The van der Waals surface area contributed by atoms with E-state index >= 15 is 0 Å². The third-order valence-corrected chi connectivity index (χ3v) is 4.12. The third-order valence-electron chi connectivity index (χ3n) is 2.99. The van der Waals surface area contributed by atoms with Crippen molar-refractivity contribution >= 4 is 50.8 Å². The summed E-state index contributed by atoms with van der Waals surface area (Å²) in [5.74, 6) is 0. The highest BCUT2D eigenvalue weighted by Gasteiger charge is 2.07. The van der Waals surface area contributed by atoms with E-state index in [1.165, 1.54) is 5.56 Å². The average molecular weight is 354 g/mol. The topological polar surface area (TPSA) is 20.7 Å². The number of aromatic amines is 1. The largest absolute Gasteiger partial charge is 0.329 e. The SMILES string of the molecule is S=c1[nH]c2c(Cl)cccc2n1Cc1cccc(Br)c1. The number of imidazole rings is 1. The first-order chi connectivity index (χ1) is 9.15. The van der Waals surface area contributed by atoms with Crippen molar-refractivity contribution in [2.24, 2.45) is 0 Å². The molecule has 2 aromatic carbocycles. The molecule has 1 aromatic heterocycles. The number of rotatable bonds is 2. The van der Waals surface area contributed by atoms with Gasteiger partial charge in [-0.3, -0.25) is 0 Å². The Hall–Kier alpha value is -1.10. The lowest BCUT2D eigenvalue weighted by Gasteiger charge is -2.05. The first-order valence-corrected chi connectivity index (χ1v) is 7.34. The molecule has 19 heavy (non-hydrogen) atoms. The molecule has 0 fully saturated rings. The van der Waals surface area contributed by atoms with Gasteiger partial charge in [0.1, 0.15) is 0 Å². The van der Waals surface area contributed by atoms with E-state index in [-0.39, 0.29) is 0 Å². The summed E-state index contributed by atoms with van der Waals surface area (Å²) in [5.41, 5.74) is 3.10. The van der Waals surface area contributed by atoms with Crippen LogP contribution in [-0.2, 0) is 6.54 Å². The van der Waals surface area contributed by atoms with Gasteiger partial charge in [0.15, 0.2) is 4.77 Å². The fourth-order valence-corrected chi connectivity index (χ4v) is 3.05. The maximum absolute atomic E-state index is 6.17. The Labute approximate surface area is 129 Å². The van der Waals surface area contributed by atoms with Crippen LogP contribution in [0.25, 0.3) is 11.0 Å². The quantitative estimate of drug-likeness (QED) is 0.631. The zero-order chi connectivity index (χ0) is 13.4. The summed E-state index contributed by atoms with van der Waals surface area (Å²) in [6.07, 6.45) is 0. The van der Waals surface area contributed by atoms with Gasteiger partial charge in [-0.2, -0.15) is 0 Å². The number of aromatic nitrogens is 2. The van der Waals surface area contributed by atoms with Crippen molar-refractivity contribution in [1.29, 1.82) is 0 Å². The standard InChI is InChI=1S/C14H10BrClN2S/c15-10-4-1-3-9(7-10)8-18-12-6-2-5-11(16)13(12)17-14(18)19/h1-7H,8H2,(H,17,19). The molecule has 0 aliphatic carbocycles. The molecule has 0 saturated carbocycles. The number of benzene rings is 2. The van der Waals surface area contributed by atoms with E-state index in [2.05, 4.69) is 37.6 Å². The van der Waals surface area contributed by atoms with Gasteiger partial charge in [-0.25, -0.2) is 0 Å². The molecule has 0 amide bonds. The highest BCUT2D eigenvalue weighted by Crippen LogP contribution is 2.23. The van der Waals surface area contributed by atoms with E-state index in [0.717, 1.165) is 22.1 Å². The van der Waals surface area contributed by atoms with Gasteiger partial charge in [0.05, 0.1) is 22.6 Å². The minimum Gasteiger partial charge on any atom is -0.329 e. The zero-order valence-corrected chi connectivity index (χ0v) is 13.0. The van der Waals surface area contributed by atoms with Crippen LogP contribution in [0.3, 0.4) is 0 Å². The van der Waals surface area contributed by atoms with Crippen LogP contribution >= 0.6 is 39.7 Å². The number of hydrogen-bond acceptors (Lipinski definition) is 1. The summed E-state index contributed by atoms with van der Waals surface area (Å²) in [6, 6.07) is 14.0. The Bertz CT molecular complexity index is 807. The zero-order valence-electron chi connectivity index (χ0n) is 9.86. The van der Waals surface area contributed by atoms with Crippen molar-refractivity contribution in [1.82, 2.24) is 9.55 Å². The van der Waals surface area contributed by atoms with Gasteiger partial charge in [0.2, 0.25) is 0 Å². The van der Waals surface area contributed by atoms with Gasteiger partial charge in [0.25, 0.3) is 0 Å². The molecule has 0 bridgehead atoms. The minimum atomic E-state index is 0.683. The summed E-state index contributed by atoms with van der Waals surface area (Å²) in [6.45, 7) is 0.721. The molecule has 2 nitrogen and oxygen atoms in total. The molecule has 3 rings (SSSR count). The molecule has 1 heterocycles. The molecule has 0 unspecified atom stereocenters. The lowest BCUT2D eigenvalue weighted by molar-refractivity contribution is 0.810. The molecule has 0 atom stereocenters. The molecule has 0 spiro atoms. The highest BCUT2D eigenvalue weighted by atomic mass is 79.9. The summed E-state index contributed by atoms with van der Waals surface area (Å²) in [5, 5.41) is 0.691. The van der Waals surface area contributed by atoms with Gasteiger partial charge >= 0.3 is 0 Å². The molecule has 5 heteroatoms. The molecular formula is C14H10BrClN2S. The van der Waals surface area contributed by atoms with Crippen LogP contribution < -0.4 is 0 Å². The van der Waals surface area contributed by atoms with E-state index in [1.807, 2.05) is 30.3 Å². The van der Waals surface area contributed by atoms with Gasteiger partial charge in [-0.15, -0.1) is 0 Å². The third kappa shape index (κ3) is 2.48. The Kier molecular flexibility index (Phi) is 3.48. The van der Waals surface area contributed by atoms with Crippen LogP contribution in [0.4, 0.5) is 0 Å². The van der Waals surface area contributed by atoms with Gasteiger partial charge in [-0.05, 0) is 42.0 Å². The van der Waals surface area contributed by atoms with Gasteiger partial charge in [0, 0.05) is 4.47 Å². The Morgan fingerprint density at radius 3 is 2.79 bits per heavy atom. The first kappa shape index (κ1) is 12.9. The lowest BCUT2D eigenvalue weighted by atomic mass is 10.2. The van der Waals surface area contributed by atoms with Crippen LogP contribution in [0.1, 0.15) is 5.56 Å². The van der Waals surface area contributed by atoms with Crippen LogP contribution in [0.5, 0.6) is 0 Å². The Balaban J connectivity index is 2.13. The van der Waals surface area contributed by atoms with Crippen molar-refractivity contribution in [3.63, 3.8) is 0 Å². The maximum atomic E-state index is 6.17. The van der Waals surface area contributed by atoms with Crippen molar-refractivity contribution in [3.8, 4) is 0 Å². The molecular weight excluding hydrogens is 344 g/mol. The number of fused-ring (bicyclic) bond motifs is 1. The predicted octanol–water partition coefficient (Wildman–Crippen LogP) is 5.16. The molecule has 0 aliphatic rings. The maximum Gasteiger partial charge on any atom is 0.178 e. The molecule has 0 saturated heterocycles. The smallest absolute Gasteiger partial charge is 0.178 e. The van der Waals surface area contributed by atoms with E-state index in [9.17, 15) is 0 Å². The van der Waals surface area contributed by atoms with E-state index in [0.29, 0.717) is 9.79 Å². The van der Waals surface area contributed by atoms with E-state index in [4.69, 9.17) is 23.8 Å². The molecule has 0 aliphatic heterocycles. The van der Waals surface area contributed by atoms with Crippen LogP contribution in [0.2, 0.25) is 5.02 Å². The number of nitrogens with one attached hydrogen (secondary N) is 1. The van der Waals surface area contributed by atoms with Crippen molar-refractivity contribution < 1.29 is 0 Å². The van der Waals surface area contributed by atoms with E-state index < -0.39 is 0 Å². The Morgan fingerprint density at radius 1 is 1.21 bits per heavy atom. The van der Waals surface area contributed by atoms with Crippen molar-refractivity contribution in [2.75, 3.05) is 0 Å². The minimum absolute atomic E-state index is 0.683. The number of hydrogen-bond donors (Lipinski definition) is 1. The molecule has 96 valence electrons. The van der Waals surface area contributed by atoms with Crippen LogP contribution in [0, 0.1) is 4.77 Å². The summed E-state index contributed by atoms with van der Waals surface area (Å²) < 4.78 is 3.80. The van der Waals surface area contributed by atoms with Crippen LogP contribution in [-0.4, -0.2) is 9.55 Å². The fraction of sp³-hybridized carbons (Fsp3) is 0.0714. The summed E-state index contributed by atoms with van der Waals surface area (Å²) >= 11 is 15.0. The molecule has 0 radical (unpaired) electrons. The number of nitrogens with zero attached hydrogens (tertiary/aromatic N) is 1. The average Bonchev–Trinajstić information content (AvgIpc) is 2.69. The number of para-hydroxylation sites is 1. The number of H-pyrrole nitrogens is 1. The van der Waals surface area contributed by atoms with Gasteiger partial charge < -0.3 is 9.55 Å². The monoisotopic (exact) mass is 352 g/mol. The van der Waals surface area contributed by atoms with E-state index in [1.54, 1.807) is 0 Å². The fourth-order valence-electron chi connectivity index (χ4n) is 2.12. The second-order valence-electron chi connectivity index (χ2n) is 4.28. The Morgan fingerprint density at radius 2 is 2.00 bits per heavy atom. The highest BCUT2D eigenvalue weighted by molar-refractivity contribution is 9.10. The first-order valence-electron chi connectivity index (χ1n) is 5.76. The van der Waals surface area contributed by atoms with Crippen molar-refractivity contribution in [2.45, 2.75) is 6.54 Å². The van der Waals surface area contributed by atoms with Crippen molar-refractivity contribution in [3.05, 3.63) is 62.3 Å². The summed E-state index contributed by atoms with van der Waals surface area (Å²) in [7, 11) is 0. The number of halogens is 2. The second-order valence-corrected chi connectivity index (χ2v) is 5.99. The normalized spacial score (nSPS) is 11.1.